The normalized spacial score (nSPS) is 23.0. The molecule has 1 aliphatic carbocycles. The van der Waals surface area contributed by atoms with Gasteiger partial charge < -0.3 is 20.7 Å². The van der Waals surface area contributed by atoms with Crippen LogP contribution in [0.4, 0.5) is 8.78 Å². The summed E-state index contributed by atoms with van der Waals surface area (Å²) in [6.07, 6.45) is 3.06. The quantitative estimate of drug-likeness (QED) is 0.185. The molecule has 1 saturated carbocycles. The Kier molecular flexibility index (Phi) is 6.01. The number of rotatable bonds is 5. The number of amidine groups is 1. The third-order valence-corrected chi connectivity index (χ3v) is 7.83. The van der Waals surface area contributed by atoms with Crippen LogP contribution in [0, 0.1) is 12.3 Å². The Morgan fingerprint density at radius 3 is 2.66 bits per heavy atom. The Labute approximate surface area is 203 Å². The number of likely N-dealkylation sites (tertiary alicyclic amines) is 1. The van der Waals surface area contributed by atoms with Gasteiger partial charge in [-0.2, -0.15) is 8.78 Å². The number of nitrogens with zero attached hydrogens (tertiary/aromatic N) is 2. The molecule has 6 nitrogen and oxygen atoms in total. The number of nitrogens with two attached hydrogens (primary N) is 1. The van der Waals surface area contributed by atoms with E-state index in [1.54, 1.807) is 7.11 Å². The number of H-pyrrole nitrogens is 1. The summed E-state index contributed by atoms with van der Waals surface area (Å²) in [5.74, 6) is 0.907. The molecule has 2 fully saturated rings. The van der Waals surface area contributed by atoms with Crippen molar-refractivity contribution >= 4 is 16.7 Å². The van der Waals surface area contributed by atoms with E-state index in [0.717, 1.165) is 52.7 Å². The summed E-state index contributed by atoms with van der Waals surface area (Å²) in [7, 11) is 1.69. The molecule has 1 aromatic heterocycles. The number of benzene rings is 2. The second-order valence-corrected chi connectivity index (χ2v) is 9.91. The Bertz CT molecular complexity index is 1300. The highest BCUT2D eigenvalue weighted by Crippen LogP contribution is 2.57. The maximum atomic E-state index is 13.2. The van der Waals surface area contributed by atoms with Crippen molar-refractivity contribution < 1.29 is 18.7 Å². The largest absolute Gasteiger partial charge is 0.496 e. The van der Waals surface area contributed by atoms with Gasteiger partial charge in [-0.25, -0.2) is 0 Å². The van der Waals surface area contributed by atoms with Crippen LogP contribution < -0.4 is 10.5 Å². The molecule has 2 heterocycles. The Morgan fingerprint density at radius 2 is 2.00 bits per heavy atom. The number of oxime groups is 1. The summed E-state index contributed by atoms with van der Waals surface area (Å²) in [5, 5.41) is 13.2. The van der Waals surface area contributed by atoms with Gasteiger partial charge in [0, 0.05) is 40.8 Å². The number of halogens is 2. The lowest BCUT2D eigenvalue weighted by Gasteiger charge is -2.52. The molecule has 1 atom stereocenters. The minimum atomic E-state index is -1.52. The first-order valence-corrected chi connectivity index (χ1v) is 11.8. The van der Waals surface area contributed by atoms with Crippen molar-refractivity contribution in [2.45, 2.75) is 45.2 Å². The summed E-state index contributed by atoms with van der Waals surface area (Å²) in [6.45, 7) is 3.55. The highest BCUT2D eigenvalue weighted by atomic mass is 19.3. The maximum Gasteiger partial charge on any atom is 0.269 e. The molecule has 0 unspecified atom stereocenters. The summed E-state index contributed by atoms with van der Waals surface area (Å²) < 4.78 is 32.2. The number of ether oxygens (including phenoxy) is 1. The number of nitrogens with one attached hydrogen (secondary N) is 1. The molecule has 2 aromatic carbocycles. The number of methoxy groups -OCH3 is 1. The van der Waals surface area contributed by atoms with Gasteiger partial charge in [0.25, 0.3) is 6.08 Å². The van der Waals surface area contributed by atoms with Crippen LogP contribution in [0.1, 0.15) is 54.0 Å². The van der Waals surface area contributed by atoms with Crippen molar-refractivity contribution in [3.63, 3.8) is 0 Å². The highest BCUT2D eigenvalue weighted by Gasteiger charge is 2.48. The van der Waals surface area contributed by atoms with Gasteiger partial charge in [-0.3, -0.25) is 4.90 Å². The Balaban J connectivity index is 1.50. The van der Waals surface area contributed by atoms with Gasteiger partial charge in [0.05, 0.1) is 7.11 Å². The van der Waals surface area contributed by atoms with Crippen LogP contribution in [0.5, 0.6) is 5.75 Å². The molecule has 5 rings (SSSR count). The van der Waals surface area contributed by atoms with E-state index in [9.17, 15) is 8.78 Å². The molecule has 0 bridgehead atoms. The van der Waals surface area contributed by atoms with E-state index in [-0.39, 0.29) is 17.3 Å². The first-order chi connectivity index (χ1) is 16.8. The van der Waals surface area contributed by atoms with Crippen LogP contribution in [0.15, 0.2) is 59.4 Å². The van der Waals surface area contributed by atoms with Crippen molar-refractivity contribution in [2.24, 2.45) is 16.3 Å². The van der Waals surface area contributed by atoms with Gasteiger partial charge in [0.1, 0.15) is 5.75 Å². The zero-order valence-electron chi connectivity index (χ0n) is 19.9. The molecule has 0 radical (unpaired) electrons. The van der Waals surface area contributed by atoms with Crippen molar-refractivity contribution in [1.29, 1.82) is 0 Å². The van der Waals surface area contributed by atoms with Gasteiger partial charge in [-0.15, -0.1) is 0 Å². The number of aromatic amines is 1. The second kappa shape index (κ2) is 9.00. The van der Waals surface area contributed by atoms with Crippen LogP contribution in [0.25, 0.3) is 10.9 Å². The molecule has 4 N–H and O–H groups in total. The standard InChI is InChI=1S/C27H30F2N4O2/c1-16-11-23(35-2)21(20-7-9-31-24(16)20)15-33-10-8-27(12-19(13-27)25(28)29)14-22(33)17-3-5-18(6-4-17)26(30)32-34/h3-7,9,11,22,31,34H,8,10,12-15H2,1-2H3,(H2,30,32)/t22-/m0/s1. The average molecular weight is 481 g/mol. The van der Waals surface area contributed by atoms with Crippen LogP contribution in [-0.4, -0.2) is 34.6 Å². The molecule has 2 aliphatic rings. The molecule has 184 valence electrons. The molecule has 3 aromatic rings. The predicted octanol–water partition coefficient (Wildman–Crippen LogP) is 5.85. The third kappa shape index (κ3) is 4.16. The van der Waals surface area contributed by atoms with Crippen molar-refractivity contribution in [3.05, 3.63) is 76.5 Å². The molecular weight excluding hydrogens is 450 g/mol. The van der Waals surface area contributed by atoms with Gasteiger partial charge in [-0.1, -0.05) is 29.4 Å². The van der Waals surface area contributed by atoms with E-state index < -0.39 is 6.08 Å². The summed E-state index contributed by atoms with van der Waals surface area (Å²) in [4.78, 5) is 5.76. The van der Waals surface area contributed by atoms with Gasteiger partial charge in [0.15, 0.2) is 5.84 Å². The zero-order chi connectivity index (χ0) is 24.7. The summed E-state index contributed by atoms with van der Waals surface area (Å²) in [5.41, 5.74) is 11.0. The van der Waals surface area contributed by atoms with Crippen LogP contribution in [0.3, 0.4) is 0 Å². The molecule has 8 heteroatoms. The van der Waals surface area contributed by atoms with Gasteiger partial charge in [-0.05, 0) is 73.4 Å². The first kappa shape index (κ1) is 23.4. The molecule has 1 spiro atoms. The average Bonchev–Trinajstić information content (AvgIpc) is 3.34. The lowest BCUT2D eigenvalue weighted by molar-refractivity contribution is 0.0140. The number of allylic oxidation sites excluding steroid dienone is 1. The molecule has 1 saturated heterocycles. The van der Waals surface area contributed by atoms with Crippen molar-refractivity contribution in [1.82, 2.24) is 9.88 Å². The maximum absolute atomic E-state index is 13.2. The number of fused-ring (bicyclic) bond motifs is 1. The lowest BCUT2D eigenvalue weighted by atomic mass is 9.58. The number of piperidine rings is 1. The molecule has 0 amide bonds. The second-order valence-electron chi connectivity index (χ2n) is 9.91. The lowest BCUT2D eigenvalue weighted by Crippen LogP contribution is -2.46. The topological polar surface area (TPSA) is 86.9 Å². The van der Waals surface area contributed by atoms with Gasteiger partial charge in [0.2, 0.25) is 0 Å². The van der Waals surface area contributed by atoms with E-state index >= 15 is 0 Å². The fourth-order valence-electron chi connectivity index (χ4n) is 5.92. The van der Waals surface area contributed by atoms with E-state index in [1.807, 2.05) is 30.5 Å². The van der Waals surface area contributed by atoms with E-state index in [1.165, 1.54) is 0 Å². The fraction of sp³-hybridized carbons (Fsp3) is 0.370. The van der Waals surface area contributed by atoms with E-state index in [4.69, 9.17) is 15.7 Å². The predicted molar refractivity (Wildman–Crippen MR) is 132 cm³/mol. The van der Waals surface area contributed by atoms with Gasteiger partial charge >= 0.3 is 0 Å². The van der Waals surface area contributed by atoms with E-state index in [0.29, 0.717) is 30.5 Å². The van der Waals surface area contributed by atoms with Crippen LogP contribution in [-0.2, 0) is 6.54 Å². The summed E-state index contributed by atoms with van der Waals surface area (Å²) >= 11 is 0. The number of aromatic nitrogens is 1. The van der Waals surface area contributed by atoms with Crippen LogP contribution >= 0.6 is 0 Å². The minimum absolute atomic E-state index is 0.0503. The van der Waals surface area contributed by atoms with Crippen molar-refractivity contribution in [3.8, 4) is 5.75 Å². The fourth-order valence-corrected chi connectivity index (χ4v) is 5.92. The minimum Gasteiger partial charge on any atom is -0.496 e. The Hall–Kier alpha value is -3.39. The molecular formula is C27H30F2N4O2. The molecule has 1 aliphatic heterocycles. The zero-order valence-corrected chi connectivity index (χ0v) is 19.9. The smallest absolute Gasteiger partial charge is 0.269 e. The summed E-state index contributed by atoms with van der Waals surface area (Å²) in [6, 6.07) is 11.9. The van der Waals surface area contributed by atoms with Crippen LogP contribution in [0.2, 0.25) is 0 Å². The number of hydrogen-bond acceptors (Lipinski definition) is 4. The molecule has 35 heavy (non-hydrogen) atoms. The third-order valence-electron chi connectivity index (χ3n) is 7.83. The number of hydrogen-bond donors (Lipinski definition) is 3. The Morgan fingerprint density at radius 1 is 1.26 bits per heavy atom. The first-order valence-electron chi connectivity index (χ1n) is 11.8. The van der Waals surface area contributed by atoms with Crippen molar-refractivity contribution in [2.75, 3.05) is 13.7 Å². The monoisotopic (exact) mass is 480 g/mol. The SMILES string of the molecule is COc1cc(C)c2[nH]ccc2c1CN1CCC2(CC(=C(F)F)C2)C[C@H]1c1ccc(/C(N)=N/O)cc1. The number of aryl methyl sites for hydroxylation is 1. The highest BCUT2D eigenvalue weighted by molar-refractivity contribution is 5.97. The van der Waals surface area contributed by atoms with E-state index in [2.05, 4.69) is 34.1 Å².